The largest absolute Gasteiger partial charge is 0.298 e. The van der Waals surface area contributed by atoms with Gasteiger partial charge in [-0.3, -0.25) is 4.79 Å². The van der Waals surface area contributed by atoms with Gasteiger partial charge in [-0.05, 0) is 12.7 Å². The third-order valence-electron chi connectivity index (χ3n) is 1.38. The van der Waals surface area contributed by atoms with Crippen LogP contribution >= 0.6 is 11.8 Å². The maximum absolute atomic E-state index is 11.3. The standard InChI is InChI=1S/C7H14O3S2/c1-4-11-7(6(3)8)12(9,10)5-2/h7H,4-5H2,1-3H3. The van der Waals surface area contributed by atoms with Crippen molar-refractivity contribution < 1.29 is 13.2 Å². The van der Waals surface area contributed by atoms with E-state index in [0.717, 1.165) is 0 Å². The van der Waals surface area contributed by atoms with E-state index in [1.807, 2.05) is 6.92 Å². The van der Waals surface area contributed by atoms with Crippen LogP contribution in [0.15, 0.2) is 0 Å². The lowest BCUT2D eigenvalue weighted by molar-refractivity contribution is -0.115. The minimum atomic E-state index is -3.21. The Kier molecular flexibility index (Phi) is 4.85. The van der Waals surface area contributed by atoms with Gasteiger partial charge in [0.25, 0.3) is 0 Å². The maximum Gasteiger partial charge on any atom is 0.169 e. The highest BCUT2D eigenvalue weighted by Crippen LogP contribution is 2.18. The van der Waals surface area contributed by atoms with Crippen LogP contribution in [0.25, 0.3) is 0 Å². The monoisotopic (exact) mass is 210 g/mol. The van der Waals surface area contributed by atoms with Gasteiger partial charge >= 0.3 is 0 Å². The lowest BCUT2D eigenvalue weighted by Gasteiger charge is -2.11. The number of sulfone groups is 1. The zero-order valence-electron chi connectivity index (χ0n) is 7.53. The smallest absolute Gasteiger partial charge is 0.169 e. The number of rotatable bonds is 5. The van der Waals surface area contributed by atoms with Crippen LogP contribution in [0.3, 0.4) is 0 Å². The molecule has 0 spiro atoms. The molecule has 0 rings (SSSR count). The third-order valence-corrected chi connectivity index (χ3v) is 5.42. The third kappa shape index (κ3) is 3.15. The number of carbonyl (C=O) groups excluding carboxylic acids is 1. The molecule has 0 amide bonds. The molecular weight excluding hydrogens is 196 g/mol. The molecule has 1 unspecified atom stereocenters. The topological polar surface area (TPSA) is 51.2 Å². The molecule has 1 atom stereocenters. The van der Waals surface area contributed by atoms with E-state index in [1.165, 1.54) is 18.7 Å². The number of thioether (sulfide) groups is 1. The molecule has 0 saturated carbocycles. The molecule has 0 aromatic heterocycles. The molecule has 5 heteroatoms. The summed E-state index contributed by atoms with van der Waals surface area (Å²) in [6.07, 6.45) is 0. The van der Waals surface area contributed by atoms with Gasteiger partial charge in [-0.2, -0.15) is 0 Å². The van der Waals surface area contributed by atoms with Crippen molar-refractivity contribution in [3.05, 3.63) is 0 Å². The van der Waals surface area contributed by atoms with Crippen molar-refractivity contribution in [1.29, 1.82) is 0 Å². The number of hydrogen-bond donors (Lipinski definition) is 0. The predicted molar refractivity (Wildman–Crippen MR) is 52.1 cm³/mol. The summed E-state index contributed by atoms with van der Waals surface area (Å²) in [7, 11) is -3.21. The van der Waals surface area contributed by atoms with E-state index in [4.69, 9.17) is 0 Å². The normalized spacial score (nSPS) is 14.2. The van der Waals surface area contributed by atoms with E-state index in [9.17, 15) is 13.2 Å². The number of Topliss-reactive ketones (excluding diaryl/α,β-unsaturated/α-hetero) is 1. The van der Waals surface area contributed by atoms with Gasteiger partial charge in [0.05, 0.1) is 0 Å². The summed E-state index contributed by atoms with van der Waals surface area (Å²) in [5.41, 5.74) is 0. The van der Waals surface area contributed by atoms with Gasteiger partial charge in [0.1, 0.15) is 0 Å². The van der Waals surface area contributed by atoms with E-state index < -0.39 is 14.4 Å². The van der Waals surface area contributed by atoms with Gasteiger partial charge in [0.15, 0.2) is 20.2 Å². The van der Waals surface area contributed by atoms with Crippen LogP contribution in [0, 0.1) is 0 Å². The van der Waals surface area contributed by atoms with Gasteiger partial charge in [0.2, 0.25) is 0 Å². The fourth-order valence-corrected chi connectivity index (χ4v) is 3.77. The lowest BCUT2D eigenvalue weighted by Crippen LogP contribution is -2.26. The van der Waals surface area contributed by atoms with Crippen LogP contribution in [0.5, 0.6) is 0 Å². The van der Waals surface area contributed by atoms with Crippen LogP contribution in [0.1, 0.15) is 20.8 Å². The second-order valence-electron chi connectivity index (χ2n) is 2.35. The van der Waals surface area contributed by atoms with Crippen molar-refractivity contribution in [2.45, 2.75) is 25.4 Å². The van der Waals surface area contributed by atoms with Crippen LogP contribution < -0.4 is 0 Å². The van der Waals surface area contributed by atoms with Crippen molar-refractivity contribution >= 4 is 27.4 Å². The molecule has 0 aliphatic carbocycles. The first-order valence-corrected chi connectivity index (χ1v) is 6.55. The molecule has 0 aliphatic heterocycles. The van der Waals surface area contributed by atoms with E-state index in [1.54, 1.807) is 6.92 Å². The SMILES string of the molecule is CCSC(C(C)=O)S(=O)(=O)CC. The molecule has 0 aromatic carbocycles. The van der Waals surface area contributed by atoms with E-state index in [-0.39, 0.29) is 11.5 Å². The zero-order valence-corrected chi connectivity index (χ0v) is 9.17. The van der Waals surface area contributed by atoms with Crippen molar-refractivity contribution in [2.24, 2.45) is 0 Å². The molecule has 72 valence electrons. The highest BCUT2D eigenvalue weighted by atomic mass is 32.3. The van der Waals surface area contributed by atoms with Crippen molar-refractivity contribution in [2.75, 3.05) is 11.5 Å². The first kappa shape index (κ1) is 12.0. The predicted octanol–water partition coefficient (Wildman–Crippen LogP) is 1.09. The van der Waals surface area contributed by atoms with Crippen molar-refractivity contribution in [3.63, 3.8) is 0 Å². The first-order valence-electron chi connectivity index (χ1n) is 3.79. The van der Waals surface area contributed by atoms with Gasteiger partial charge in [-0.15, -0.1) is 11.8 Å². The van der Waals surface area contributed by atoms with Crippen LogP contribution in [0.4, 0.5) is 0 Å². The Morgan fingerprint density at radius 2 is 1.92 bits per heavy atom. The van der Waals surface area contributed by atoms with E-state index in [2.05, 4.69) is 0 Å². The summed E-state index contributed by atoms with van der Waals surface area (Å²) >= 11 is 1.18. The summed E-state index contributed by atoms with van der Waals surface area (Å²) in [4.78, 5) is 10.9. The van der Waals surface area contributed by atoms with Crippen LogP contribution in [0.2, 0.25) is 0 Å². The summed E-state index contributed by atoms with van der Waals surface area (Å²) in [5.74, 6) is 0.400. The Balaban J connectivity index is 4.63. The van der Waals surface area contributed by atoms with Crippen LogP contribution in [-0.2, 0) is 14.6 Å². The van der Waals surface area contributed by atoms with Gasteiger partial charge in [0, 0.05) is 5.75 Å². The Bertz CT molecular complexity index is 243. The molecule has 0 aromatic rings. The molecule has 0 saturated heterocycles. The Labute approximate surface area is 77.8 Å². The maximum atomic E-state index is 11.3. The number of carbonyl (C=O) groups is 1. The average molecular weight is 210 g/mol. The summed E-state index contributed by atoms with van der Waals surface area (Å²) in [6.45, 7) is 4.72. The van der Waals surface area contributed by atoms with Crippen molar-refractivity contribution in [1.82, 2.24) is 0 Å². The summed E-state index contributed by atoms with van der Waals surface area (Å²) < 4.78 is 21.7. The molecule has 0 heterocycles. The first-order chi connectivity index (χ1) is 5.45. The fraction of sp³-hybridized carbons (Fsp3) is 0.857. The lowest BCUT2D eigenvalue weighted by atomic mass is 10.5. The molecule has 0 radical (unpaired) electrons. The molecule has 3 nitrogen and oxygen atoms in total. The summed E-state index contributed by atoms with van der Waals surface area (Å²) in [5, 5.41) is 0. The second-order valence-corrected chi connectivity index (χ2v) is 6.40. The minimum absolute atomic E-state index is 0.0320. The highest BCUT2D eigenvalue weighted by molar-refractivity contribution is 8.14. The molecule has 0 N–H and O–H groups in total. The Morgan fingerprint density at radius 3 is 2.17 bits per heavy atom. The molecular formula is C7H14O3S2. The summed E-state index contributed by atoms with van der Waals surface area (Å²) in [6, 6.07) is 0. The second kappa shape index (κ2) is 4.87. The van der Waals surface area contributed by atoms with E-state index >= 15 is 0 Å². The molecule has 12 heavy (non-hydrogen) atoms. The molecule has 0 fully saturated rings. The molecule has 0 aliphatic rings. The van der Waals surface area contributed by atoms with Gasteiger partial charge in [-0.1, -0.05) is 13.8 Å². The fourth-order valence-electron chi connectivity index (χ4n) is 0.777. The molecule has 0 bridgehead atoms. The zero-order chi connectivity index (χ0) is 9.78. The average Bonchev–Trinajstić information content (AvgIpc) is 1.99. The Morgan fingerprint density at radius 1 is 1.42 bits per heavy atom. The minimum Gasteiger partial charge on any atom is -0.298 e. The van der Waals surface area contributed by atoms with Gasteiger partial charge in [-0.25, -0.2) is 8.42 Å². The number of ketones is 1. The van der Waals surface area contributed by atoms with E-state index in [0.29, 0.717) is 5.75 Å². The van der Waals surface area contributed by atoms with Crippen LogP contribution in [-0.4, -0.2) is 30.3 Å². The highest BCUT2D eigenvalue weighted by Gasteiger charge is 2.27. The quantitative estimate of drug-likeness (QED) is 0.681. The van der Waals surface area contributed by atoms with Gasteiger partial charge < -0.3 is 0 Å². The number of hydrogen-bond acceptors (Lipinski definition) is 4. The Hall–Kier alpha value is -0.0300. The van der Waals surface area contributed by atoms with Crippen molar-refractivity contribution in [3.8, 4) is 0 Å².